The van der Waals surface area contributed by atoms with Crippen LogP contribution in [0.15, 0.2) is 22.7 Å². The highest BCUT2D eigenvalue weighted by atomic mass is 79.9. The third kappa shape index (κ3) is 2.11. The lowest BCUT2D eigenvalue weighted by Crippen LogP contribution is -2.25. The molecule has 0 amide bonds. The highest BCUT2D eigenvalue weighted by Crippen LogP contribution is 2.33. The van der Waals surface area contributed by atoms with Crippen LogP contribution < -0.4 is 4.31 Å². The number of halogens is 1. The maximum Gasteiger partial charge on any atom is 0.235 e. The van der Waals surface area contributed by atoms with Crippen molar-refractivity contribution in [3.05, 3.63) is 28.2 Å². The summed E-state index contributed by atoms with van der Waals surface area (Å²) in [5, 5.41) is 0. The first-order valence-electron chi connectivity index (χ1n) is 5.17. The molecule has 0 radical (unpaired) electrons. The van der Waals surface area contributed by atoms with Crippen molar-refractivity contribution in [1.29, 1.82) is 0 Å². The molecule has 0 aromatic heterocycles. The number of anilines is 1. The first kappa shape index (κ1) is 11.9. The molecule has 0 saturated carbocycles. The van der Waals surface area contributed by atoms with E-state index in [2.05, 4.69) is 15.9 Å². The second-order valence-electron chi connectivity index (χ2n) is 4.37. The molecule has 3 nitrogen and oxygen atoms in total. The van der Waals surface area contributed by atoms with Crippen molar-refractivity contribution in [1.82, 2.24) is 0 Å². The molecule has 1 aliphatic rings. The van der Waals surface area contributed by atoms with E-state index in [1.165, 1.54) is 4.31 Å². The Labute approximate surface area is 105 Å². The lowest BCUT2D eigenvalue weighted by molar-refractivity contribution is 0.598. The molecular formula is C11H14BrNO2S. The van der Waals surface area contributed by atoms with Crippen LogP contribution in [0.3, 0.4) is 0 Å². The molecule has 1 heterocycles. The van der Waals surface area contributed by atoms with E-state index in [9.17, 15) is 8.42 Å². The van der Waals surface area contributed by atoms with Gasteiger partial charge in [0.1, 0.15) is 0 Å². The van der Waals surface area contributed by atoms with Gasteiger partial charge in [0.15, 0.2) is 0 Å². The number of sulfonamides is 1. The number of nitrogens with zero attached hydrogens (tertiary/aromatic N) is 1. The molecule has 0 aliphatic carbocycles. The Kier molecular flexibility index (Phi) is 3.01. The zero-order valence-corrected chi connectivity index (χ0v) is 11.7. The number of hydrogen-bond donors (Lipinski definition) is 0. The van der Waals surface area contributed by atoms with Crippen molar-refractivity contribution in [2.45, 2.75) is 13.8 Å². The molecule has 1 fully saturated rings. The minimum atomic E-state index is -3.13. The van der Waals surface area contributed by atoms with Gasteiger partial charge in [-0.1, -0.05) is 13.0 Å². The Morgan fingerprint density at radius 3 is 2.69 bits per heavy atom. The minimum absolute atomic E-state index is 0.192. The monoisotopic (exact) mass is 303 g/mol. The predicted molar refractivity (Wildman–Crippen MR) is 69.2 cm³/mol. The molecule has 1 saturated heterocycles. The van der Waals surface area contributed by atoms with Gasteiger partial charge in [-0.2, -0.15) is 0 Å². The topological polar surface area (TPSA) is 37.4 Å². The van der Waals surface area contributed by atoms with Gasteiger partial charge >= 0.3 is 0 Å². The molecule has 5 heteroatoms. The van der Waals surface area contributed by atoms with E-state index in [1.807, 2.05) is 32.0 Å². The van der Waals surface area contributed by atoms with Gasteiger partial charge in [-0.3, -0.25) is 4.31 Å². The molecule has 1 aromatic carbocycles. The highest BCUT2D eigenvalue weighted by molar-refractivity contribution is 9.10. The summed E-state index contributed by atoms with van der Waals surface area (Å²) in [5.41, 5.74) is 1.82. The average molecular weight is 304 g/mol. The fourth-order valence-electron chi connectivity index (χ4n) is 1.96. The normalized spacial score (nSPS) is 23.7. The molecular weight excluding hydrogens is 290 g/mol. The van der Waals surface area contributed by atoms with E-state index in [4.69, 9.17) is 0 Å². The number of hydrogen-bond acceptors (Lipinski definition) is 2. The Hall–Kier alpha value is -0.550. The predicted octanol–water partition coefficient (Wildman–Crippen LogP) is 2.54. The van der Waals surface area contributed by atoms with E-state index in [0.717, 1.165) is 15.7 Å². The van der Waals surface area contributed by atoms with E-state index in [1.54, 1.807) is 0 Å². The zero-order valence-electron chi connectivity index (χ0n) is 9.27. The van der Waals surface area contributed by atoms with Crippen LogP contribution in [0, 0.1) is 12.8 Å². The maximum absolute atomic E-state index is 11.9. The second-order valence-corrected chi connectivity index (χ2v) is 7.16. The van der Waals surface area contributed by atoms with E-state index < -0.39 is 10.0 Å². The van der Waals surface area contributed by atoms with Crippen molar-refractivity contribution in [3.63, 3.8) is 0 Å². The van der Waals surface area contributed by atoms with Crippen LogP contribution in [0.5, 0.6) is 0 Å². The zero-order chi connectivity index (χ0) is 11.9. The summed E-state index contributed by atoms with van der Waals surface area (Å²) in [4.78, 5) is 0. The van der Waals surface area contributed by atoms with Gasteiger partial charge in [0, 0.05) is 11.0 Å². The number of rotatable bonds is 1. The molecule has 0 N–H and O–H groups in total. The SMILES string of the molecule is Cc1ccc(Br)c(N2CC(C)CS2(=O)=O)c1. The Bertz CT molecular complexity index is 513. The highest BCUT2D eigenvalue weighted by Gasteiger charge is 2.34. The van der Waals surface area contributed by atoms with Gasteiger partial charge in [-0.25, -0.2) is 8.42 Å². The first-order chi connectivity index (χ1) is 7.40. The Morgan fingerprint density at radius 1 is 1.44 bits per heavy atom. The lowest BCUT2D eigenvalue weighted by atomic mass is 10.2. The lowest BCUT2D eigenvalue weighted by Gasteiger charge is -2.19. The van der Waals surface area contributed by atoms with Crippen molar-refractivity contribution in [3.8, 4) is 0 Å². The quantitative estimate of drug-likeness (QED) is 0.799. The third-order valence-corrected chi connectivity index (χ3v) is 5.36. The van der Waals surface area contributed by atoms with Crippen LogP contribution in [0.4, 0.5) is 5.69 Å². The summed E-state index contributed by atoms with van der Waals surface area (Å²) >= 11 is 3.41. The van der Waals surface area contributed by atoms with Crippen LogP contribution in [0.1, 0.15) is 12.5 Å². The first-order valence-corrected chi connectivity index (χ1v) is 7.57. The minimum Gasteiger partial charge on any atom is -0.269 e. The van der Waals surface area contributed by atoms with Crippen LogP contribution in [-0.2, 0) is 10.0 Å². The largest absolute Gasteiger partial charge is 0.269 e. The Balaban J connectivity index is 2.49. The molecule has 88 valence electrons. The van der Waals surface area contributed by atoms with Gasteiger partial charge in [0.2, 0.25) is 10.0 Å². The standard InChI is InChI=1S/C11H14BrNO2S/c1-8-3-4-10(12)11(5-8)13-6-9(2)7-16(13,14)15/h3-5,9H,6-7H2,1-2H3. The molecule has 16 heavy (non-hydrogen) atoms. The summed E-state index contributed by atoms with van der Waals surface area (Å²) in [7, 11) is -3.13. The van der Waals surface area contributed by atoms with Gasteiger partial charge in [-0.05, 0) is 46.5 Å². The fourth-order valence-corrected chi connectivity index (χ4v) is 4.48. The average Bonchev–Trinajstić information content (AvgIpc) is 2.43. The van der Waals surface area contributed by atoms with Crippen molar-refractivity contribution in [2.24, 2.45) is 5.92 Å². The maximum atomic E-state index is 11.9. The molecule has 2 rings (SSSR count). The molecule has 0 bridgehead atoms. The van der Waals surface area contributed by atoms with Gasteiger partial charge < -0.3 is 0 Å². The summed E-state index contributed by atoms with van der Waals surface area (Å²) in [5.74, 6) is 0.435. The molecule has 1 aliphatic heterocycles. The van der Waals surface area contributed by atoms with E-state index in [0.29, 0.717) is 6.54 Å². The van der Waals surface area contributed by atoms with Gasteiger partial charge in [0.05, 0.1) is 11.4 Å². The van der Waals surface area contributed by atoms with Crippen LogP contribution in [0.2, 0.25) is 0 Å². The van der Waals surface area contributed by atoms with E-state index >= 15 is 0 Å². The molecule has 1 atom stereocenters. The fraction of sp³-hybridized carbons (Fsp3) is 0.455. The second kappa shape index (κ2) is 4.04. The van der Waals surface area contributed by atoms with E-state index in [-0.39, 0.29) is 11.7 Å². The smallest absolute Gasteiger partial charge is 0.235 e. The van der Waals surface area contributed by atoms with Crippen molar-refractivity contribution < 1.29 is 8.42 Å². The van der Waals surface area contributed by atoms with Crippen molar-refractivity contribution >= 4 is 31.6 Å². The summed E-state index contributed by atoms with van der Waals surface area (Å²) in [6.07, 6.45) is 0. The summed E-state index contributed by atoms with van der Waals surface area (Å²) in [6, 6.07) is 5.75. The van der Waals surface area contributed by atoms with Crippen LogP contribution in [-0.4, -0.2) is 20.7 Å². The summed E-state index contributed by atoms with van der Waals surface area (Å²) in [6.45, 7) is 4.49. The number of aryl methyl sites for hydroxylation is 1. The van der Waals surface area contributed by atoms with Gasteiger partial charge in [0.25, 0.3) is 0 Å². The van der Waals surface area contributed by atoms with Crippen LogP contribution in [0.25, 0.3) is 0 Å². The molecule has 1 unspecified atom stereocenters. The molecule has 0 spiro atoms. The molecule has 1 aromatic rings. The third-order valence-electron chi connectivity index (χ3n) is 2.68. The van der Waals surface area contributed by atoms with Gasteiger partial charge in [-0.15, -0.1) is 0 Å². The van der Waals surface area contributed by atoms with Crippen LogP contribution >= 0.6 is 15.9 Å². The number of benzene rings is 1. The van der Waals surface area contributed by atoms with Crippen molar-refractivity contribution in [2.75, 3.05) is 16.6 Å². The Morgan fingerprint density at radius 2 is 2.12 bits per heavy atom. The summed E-state index contributed by atoms with van der Waals surface area (Å²) < 4.78 is 26.2.